The zero-order valence-electron chi connectivity index (χ0n) is 10.9. The normalized spacial score (nSPS) is 12.3. The third-order valence-electron chi connectivity index (χ3n) is 3.27. The molecule has 2 rings (SSSR count). The SMILES string of the molecule is NNC(CCCc1ccccc1)c1ccc(Cl)cc1. The van der Waals surface area contributed by atoms with E-state index >= 15 is 0 Å². The number of rotatable bonds is 6. The Bertz CT molecular complexity index is 482. The first-order valence-electron chi connectivity index (χ1n) is 6.55. The molecule has 0 saturated carbocycles. The Hall–Kier alpha value is -1.35. The summed E-state index contributed by atoms with van der Waals surface area (Å²) >= 11 is 5.89. The summed E-state index contributed by atoms with van der Waals surface area (Å²) < 4.78 is 0. The van der Waals surface area contributed by atoms with E-state index in [0.717, 1.165) is 24.3 Å². The van der Waals surface area contributed by atoms with Gasteiger partial charge in [0.1, 0.15) is 0 Å². The standard InChI is InChI=1S/C16H19ClN2/c17-15-11-9-14(10-12-15)16(19-18)8-4-7-13-5-2-1-3-6-13/h1-3,5-6,9-12,16,19H,4,7-8,18H2. The van der Waals surface area contributed by atoms with Crippen molar-refractivity contribution in [3.63, 3.8) is 0 Å². The van der Waals surface area contributed by atoms with Crippen LogP contribution in [0.4, 0.5) is 0 Å². The fourth-order valence-electron chi connectivity index (χ4n) is 2.20. The highest BCUT2D eigenvalue weighted by atomic mass is 35.5. The van der Waals surface area contributed by atoms with Crippen LogP contribution in [0.1, 0.15) is 30.0 Å². The summed E-state index contributed by atoms with van der Waals surface area (Å²) in [7, 11) is 0. The summed E-state index contributed by atoms with van der Waals surface area (Å²) in [6, 6.07) is 18.5. The van der Waals surface area contributed by atoms with Crippen molar-refractivity contribution in [2.45, 2.75) is 25.3 Å². The van der Waals surface area contributed by atoms with Gasteiger partial charge in [0.05, 0.1) is 0 Å². The maximum absolute atomic E-state index is 5.89. The van der Waals surface area contributed by atoms with Crippen LogP contribution in [0.3, 0.4) is 0 Å². The molecule has 0 heterocycles. The first kappa shape index (κ1) is 14.1. The van der Waals surface area contributed by atoms with Crippen LogP contribution >= 0.6 is 11.6 Å². The molecule has 3 N–H and O–H groups in total. The van der Waals surface area contributed by atoms with Gasteiger partial charge in [0.2, 0.25) is 0 Å². The Labute approximate surface area is 119 Å². The van der Waals surface area contributed by atoms with Gasteiger partial charge in [0.25, 0.3) is 0 Å². The van der Waals surface area contributed by atoms with Crippen molar-refractivity contribution in [3.8, 4) is 0 Å². The number of hydrazine groups is 1. The molecular weight excluding hydrogens is 256 g/mol. The van der Waals surface area contributed by atoms with Crippen molar-refractivity contribution in [1.29, 1.82) is 0 Å². The molecule has 0 aliphatic heterocycles. The van der Waals surface area contributed by atoms with E-state index in [1.165, 1.54) is 11.1 Å². The second kappa shape index (κ2) is 7.29. The number of hydrogen-bond acceptors (Lipinski definition) is 2. The number of halogens is 1. The van der Waals surface area contributed by atoms with Crippen LogP contribution in [0, 0.1) is 0 Å². The molecule has 0 bridgehead atoms. The summed E-state index contributed by atoms with van der Waals surface area (Å²) in [4.78, 5) is 0. The van der Waals surface area contributed by atoms with E-state index in [1.54, 1.807) is 0 Å². The molecule has 0 fully saturated rings. The number of aryl methyl sites for hydroxylation is 1. The van der Waals surface area contributed by atoms with Gasteiger partial charge >= 0.3 is 0 Å². The third kappa shape index (κ3) is 4.35. The lowest BCUT2D eigenvalue weighted by molar-refractivity contribution is 0.498. The lowest BCUT2D eigenvalue weighted by Crippen LogP contribution is -2.28. The molecule has 0 aromatic heterocycles. The van der Waals surface area contributed by atoms with Gasteiger partial charge in [-0.05, 0) is 42.5 Å². The summed E-state index contributed by atoms with van der Waals surface area (Å²) in [6.07, 6.45) is 3.18. The van der Waals surface area contributed by atoms with Gasteiger partial charge in [-0.3, -0.25) is 11.3 Å². The van der Waals surface area contributed by atoms with E-state index in [0.29, 0.717) is 0 Å². The second-order valence-corrected chi connectivity index (χ2v) is 5.09. The summed E-state index contributed by atoms with van der Waals surface area (Å²) in [5, 5.41) is 0.754. The number of benzene rings is 2. The lowest BCUT2D eigenvalue weighted by Gasteiger charge is -2.16. The summed E-state index contributed by atoms with van der Waals surface area (Å²) in [5.41, 5.74) is 5.43. The van der Waals surface area contributed by atoms with E-state index in [-0.39, 0.29) is 6.04 Å². The fourth-order valence-corrected chi connectivity index (χ4v) is 2.32. The topological polar surface area (TPSA) is 38.0 Å². The van der Waals surface area contributed by atoms with Gasteiger partial charge in [-0.1, -0.05) is 54.1 Å². The first-order chi connectivity index (χ1) is 9.29. The van der Waals surface area contributed by atoms with E-state index in [4.69, 9.17) is 17.4 Å². The molecule has 2 nitrogen and oxygen atoms in total. The van der Waals surface area contributed by atoms with Crippen LogP contribution in [0.2, 0.25) is 5.02 Å². The molecule has 3 heteroatoms. The van der Waals surface area contributed by atoms with Crippen molar-refractivity contribution in [1.82, 2.24) is 5.43 Å². The molecule has 2 aromatic carbocycles. The number of hydrogen-bond donors (Lipinski definition) is 2. The Morgan fingerprint density at radius 3 is 2.32 bits per heavy atom. The van der Waals surface area contributed by atoms with Gasteiger partial charge in [-0.15, -0.1) is 0 Å². The van der Waals surface area contributed by atoms with Gasteiger partial charge in [0, 0.05) is 11.1 Å². The Morgan fingerprint density at radius 2 is 1.68 bits per heavy atom. The maximum atomic E-state index is 5.89. The van der Waals surface area contributed by atoms with E-state index < -0.39 is 0 Å². The Balaban J connectivity index is 1.87. The second-order valence-electron chi connectivity index (χ2n) is 4.65. The largest absolute Gasteiger partial charge is 0.271 e. The Morgan fingerprint density at radius 1 is 1.00 bits per heavy atom. The molecule has 1 unspecified atom stereocenters. The Kier molecular flexibility index (Phi) is 5.40. The molecule has 0 aliphatic rings. The molecule has 19 heavy (non-hydrogen) atoms. The van der Waals surface area contributed by atoms with E-state index in [1.807, 2.05) is 30.3 Å². The molecule has 1 atom stereocenters. The molecule has 0 saturated heterocycles. The van der Waals surface area contributed by atoms with Crippen LogP contribution < -0.4 is 11.3 Å². The minimum Gasteiger partial charge on any atom is -0.271 e. The molecule has 0 radical (unpaired) electrons. The van der Waals surface area contributed by atoms with Gasteiger partial charge in [-0.25, -0.2) is 0 Å². The molecule has 0 amide bonds. The van der Waals surface area contributed by atoms with Crippen molar-refractivity contribution < 1.29 is 0 Å². The highest BCUT2D eigenvalue weighted by Gasteiger charge is 2.09. The number of nitrogens with two attached hydrogens (primary N) is 1. The zero-order chi connectivity index (χ0) is 13.5. The van der Waals surface area contributed by atoms with Gasteiger partial charge < -0.3 is 0 Å². The average molecular weight is 275 g/mol. The zero-order valence-corrected chi connectivity index (χ0v) is 11.6. The predicted octanol–water partition coefficient (Wildman–Crippen LogP) is 3.87. The third-order valence-corrected chi connectivity index (χ3v) is 3.53. The minimum absolute atomic E-state index is 0.181. The van der Waals surface area contributed by atoms with Crippen molar-refractivity contribution >= 4 is 11.6 Å². The monoisotopic (exact) mass is 274 g/mol. The van der Waals surface area contributed by atoms with Crippen LogP contribution in [-0.4, -0.2) is 0 Å². The number of nitrogens with one attached hydrogen (secondary N) is 1. The van der Waals surface area contributed by atoms with E-state index in [9.17, 15) is 0 Å². The van der Waals surface area contributed by atoms with E-state index in [2.05, 4.69) is 29.7 Å². The highest BCUT2D eigenvalue weighted by molar-refractivity contribution is 6.30. The molecule has 2 aromatic rings. The summed E-state index contributed by atoms with van der Waals surface area (Å²) in [6.45, 7) is 0. The minimum atomic E-state index is 0.181. The predicted molar refractivity (Wildman–Crippen MR) is 80.9 cm³/mol. The van der Waals surface area contributed by atoms with Gasteiger partial charge in [0.15, 0.2) is 0 Å². The molecule has 0 aliphatic carbocycles. The van der Waals surface area contributed by atoms with Crippen molar-refractivity contribution in [2.24, 2.45) is 5.84 Å². The average Bonchev–Trinajstić information content (AvgIpc) is 2.46. The maximum Gasteiger partial charge on any atom is 0.0460 e. The molecular formula is C16H19ClN2. The van der Waals surface area contributed by atoms with Crippen LogP contribution in [-0.2, 0) is 6.42 Å². The molecule has 0 spiro atoms. The van der Waals surface area contributed by atoms with Crippen LogP contribution in [0.15, 0.2) is 54.6 Å². The van der Waals surface area contributed by atoms with Crippen LogP contribution in [0.5, 0.6) is 0 Å². The van der Waals surface area contributed by atoms with Gasteiger partial charge in [-0.2, -0.15) is 0 Å². The smallest absolute Gasteiger partial charge is 0.0460 e. The molecule has 100 valence electrons. The highest BCUT2D eigenvalue weighted by Crippen LogP contribution is 2.20. The van der Waals surface area contributed by atoms with Crippen molar-refractivity contribution in [3.05, 3.63) is 70.7 Å². The van der Waals surface area contributed by atoms with Crippen LogP contribution in [0.25, 0.3) is 0 Å². The summed E-state index contributed by atoms with van der Waals surface area (Å²) in [5.74, 6) is 5.64. The lowest BCUT2D eigenvalue weighted by atomic mass is 9.99. The first-order valence-corrected chi connectivity index (χ1v) is 6.93. The fraction of sp³-hybridized carbons (Fsp3) is 0.250. The quantitative estimate of drug-likeness (QED) is 0.620. The van der Waals surface area contributed by atoms with Crippen molar-refractivity contribution in [2.75, 3.05) is 0 Å².